The molecule has 0 aliphatic heterocycles. The molecule has 2 aromatic carbocycles. The highest BCUT2D eigenvalue weighted by molar-refractivity contribution is 5.85. The van der Waals surface area contributed by atoms with Crippen LogP contribution in [0.5, 0.6) is 0 Å². The van der Waals surface area contributed by atoms with Crippen LogP contribution in [0.25, 0.3) is 0 Å². The van der Waals surface area contributed by atoms with Gasteiger partial charge < -0.3 is 10.1 Å². The van der Waals surface area contributed by atoms with Crippen LogP contribution in [-0.4, -0.2) is 31.1 Å². The first-order valence-electron chi connectivity index (χ1n) is 11.5. The predicted octanol–water partition coefficient (Wildman–Crippen LogP) is 7.78. The standard InChI is InChI=1S/C23H17F12N5O2.ClH/c24-20(25,26)15-4-13(5-16(8-15)21(27,28)29)10-38(2-1-3-39-12-36-19(37-39)40(41)42)11-14-6-17(22(30,31)32)9-18(7-14)23(33,34)35;/h4-9,12H,1-3,10-11H2;1H. The summed E-state index contributed by atoms with van der Waals surface area (Å²) in [6.07, 6.45) is -19.9. The van der Waals surface area contributed by atoms with E-state index in [1.807, 2.05) is 0 Å². The number of hydrogen-bond acceptors (Lipinski definition) is 5. The third-order valence-corrected chi connectivity index (χ3v) is 5.66. The van der Waals surface area contributed by atoms with Gasteiger partial charge in [0.1, 0.15) is 0 Å². The minimum atomic E-state index is -5.20. The highest BCUT2D eigenvalue weighted by Crippen LogP contribution is 2.38. The Hall–Kier alpha value is -3.61. The molecule has 3 rings (SSSR count). The van der Waals surface area contributed by atoms with Gasteiger partial charge in [-0.15, -0.1) is 12.4 Å². The van der Waals surface area contributed by atoms with E-state index in [1.165, 1.54) is 0 Å². The SMILES string of the molecule is Cl.O=[N+]([O-])c1ncn(CCCN(Cc2cc(C(F)(F)F)cc(C(F)(F)F)c2)Cc2cc(C(F)(F)F)cc(C(F)(F)F)c2)n1. The summed E-state index contributed by atoms with van der Waals surface area (Å²) >= 11 is 0. The van der Waals surface area contributed by atoms with E-state index in [4.69, 9.17) is 0 Å². The van der Waals surface area contributed by atoms with Crippen LogP contribution in [0.1, 0.15) is 39.8 Å². The van der Waals surface area contributed by atoms with Gasteiger partial charge in [0.05, 0.1) is 28.8 Å². The van der Waals surface area contributed by atoms with Crippen molar-refractivity contribution in [3.8, 4) is 0 Å². The van der Waals surface area contributed by atoms with Crippen LogP contribution < -0.4 is 0 Å². The Morgan fingerprint density at radius 2 is 1.07 bits per heavy atom. The molecule has 3 aromatic rings. The highest BCUT2D eigenvalue weighted by Gasteiger charge is 2.38. The molecule has 0 fully saturated rings. The van der Waals surface area contributed by atoms with E-state index < -0.39 is 82.0 Å². The lowest BCUT2D eigenvalue weighted by molar-refractivity contribution is -0.394. The molecule has 238 valence electrons. The normalized spacial score (nSPS) is 12.9. The molecule has 43 heavy (non-hydrogen) atoms. The van der Waals surface area contributed by atoms with Gasteiger partial charge in [-0.3, -0.25) is 4.90 Å². The van der Waals surface area contributed by atoms with Crippen molar-refractivity contribution in [3.05, 3.63) is 86.2 Å². The Morgan fingerprint density at radius 3 is 1.37 bits per heavy atom. The molecule has 0 bridgehead atoms. The van der Waals surface area contributed by atoms with Crippen molar-refractivity contribution in [2.24, 2.45) is 0 Å². The van der Waals surface area contributed by atoms with E-state index in [9.17, 15) is 62.8 Å². The van der Waals surface area contributed by atoms with Crippen LogP contribution in [0.2, 0.25) is 0 Å². The molecule has 0 N–H and O–H groups in total. The van der Waals surface area contributed by atoms with Crippen LogP contribution in [-0.2, 0) is 44.3 Å². The lowest BCUT2D eigenvalue weighted by atomic mass is 10.0. The lowest BCUT2D eigenvalue weighted by Gasteiger charge is -2.25. The maximum Gasteiger partial charge on any atom is 0.490 e. The molecule has 1 heterocycles. The second-order valence-electron chi connectivity index (χ2n) is 8.96. The van der Waals surface area contributed by atoms with Crippen molar-refractivity contribution in [2.45, 2.75) is 50.8 Å². The Morgan fingerprint density at radius 1 is 0.698 bits per heavy atom. The molecule has 0 amide bonds. The van der Waals surface area contributed by atoms with Gasteiger partial charge in [-0.2, -0.15) is 57.4 Å². The second kappa shape index (κ2) is 12.9. The number of hydrogen-bond donors (Lipinski definition) is 0. The fourth-order valence-electron chi connectivity index (χ4n) is 3.88. The zero-order chi connectivity index (χ0) is 31.7. The molecule has 7 nitrogen and oxygen atoms in total. The van der Waals surface area contributed by atoms with Gasteiger partial charge in [-0.25, -0.2) is 0 Å². The van der Waals surface area contributed by atoms with Gasteiger partial charge >= 0.3 is 30.7 Å². The number of aromatic nitrogens is 3. The van der Waals surface area contributed by atoms with Gasteiger partial charge in [-0.1, -0.05) is 4.98 Å². The highest BCUT2D eigenvalue weighted by atomic mass is 35.5. The van der Waals surface area contributed by atoms with Crippen LogP contribution in [0, 0.1) is 10.1 Å². The minimum Gasteiger partial charge on any atom is -0.390 e. The fraction of sp³-hybridized carbons (Fsp3) is 0.391. The molecular weight excluding hydrogens is 642 g/mol. The van der Waals surface area contributed by atoms with E-state index in [1.54, 1.807) is 0 Å². The summed E-state index contributed by atoms with van der Waals surface area (Å²) in [7, 11) is 0. The van der Waals surface area contributed by atoms with E-state index in [-0.39, 0.29) is 44.1 Å². The summed E-state index contributed by atoms with van der Waals surface area (Å²) in [4.78, 5) is 14.2. The van der Waals surface area contributed by atoms with Crippen molar-refractivity contribution < 1.29 is 57.6 Å². The Labute approximate surface area is 239 Å². The Kier molecular flexibility index (Phi) is 10.7. The van der Waals surface area contributed by atoms with E-state index in [0.29, 0.717) is 24.3 Å². The molecular formula is C23H18ClF12N5O2. The molecule has 0 aliphatic rings. The predicted molar refractivity (Wildman–Crippen MR) is 126 cm³/mol. The maximum absolute atomic E-state index is 13.3. The second-order valence-corrected chi connectivity index (χ2v) is 8.96. The average molecular weight is 660 g/mol. The maximum atomic E-state index is 13.3. The number of halogens is 13. The molecule has 0 unspecified atom stereocenters. The van der Waals surface area contributed by atoms with Crippen LogP contribution >= 0.6 is 12.4 Å². The summed E-state index contributed by atoms with van der Waals surface area (Å²) in [6.45, 7) is -1.95. The summed E-state index contributed by atoms with van der Waals surface area (Å²) in [5.41, 5.74) is -7.81. The van der Waals surface area contributed by atoms with Gasteiger partial charge in [-0.05, 0) is 58.9 Å². The third-order valence-electron chi connectivity index (χ3n) is 5.66. The Balaban J connectivity index is 0.00000645. The molecule has 0 atom stereocenters. The lowest BCUT2D eigenvalue weighted by Crippen LogP contribution is -2.26. The van der Waals surface area contributed by atoms with Gasteiger partial charge in [0, 0.05) is 24.7 Å². The first-order chi connectivity index (χ1) is 19.1. The van der Waals surface area contributed by atoms with E-state index in [0.717, 1.165) is 15.9 Å². The summed E-state index contributed by atoms with van der Waals surface area (Å²) < 4.78 is 161. The number of alkyl halides is 12. The summed E-state index contributed by atoms with van der Waals surface area (Å²) in [6, 6.07) is 1.28. The van der Waals surface area contributed by atoms with Crippen molar-refractivity contribution in [1.82, 2.24) is 19.7 Å². The van der Waals surface area contributed by atoms with Crippen molar-refractivity contribution >= 4 is 18.4 Å². The number of rotatable bonds is 9. The zero-order valence-electron chi connectivity index (χ0n) is 21.1. The molecule has 0 spiro atoms. The quantitative estimate of drug-likeness (QED) is 0.133. The molecule has 0 saturated carbocycles. The van der Waals surface area contributed by atoms with E-state index in [2.05, 4.69) is 10.1 Å². The van der Waals surface area contributed by atoms with Crippen molar-refractivity contribution in [2.75, 3.05) is 6.54 Å². The minimum absolute atomic E-state index is 0. The molecule has 0 radical (unpaired) electrons. The van der Waals surface area contributed by atoms with Crippen LogP contribution in [0.4, 0.5) is 58.6 Å². The first-order valence-corrected chi connectivity index (χ1v) is 11.5. The smallest absolute Gasteiger partial charge is 0.390 e. The molecule has 0 aliphatic carbocycles. The average Bonchev–Trinajstić information content (AvgIpc) is 3.31. The third kappa shape index (κ3) is 9.97. The number of nitro groups is 1. The van der Waals surface area contributed by atoms with Gasteiger partial charge in [0.25, 0.3) is 0 Å². The van der Waals surface area contributed by atoms with Crippen LogP contribution in [0.15, 0.2) is 42.7 Å². The molecule has 1 aromatic heterocycles. The largest absolute Gasteiger partial charge is 0.490 e. The Bertz CT molecular complexity index is 1280. The van der Waals surface area contributed by atoms with E-state index >= 15 is 0 Å². The number of benzene rings is 2. The summed E-state index contributed by atoms with van der Waals surface area (Å²) in [5, 5.41) is 14.3. The van der Waals surface area contributed by atoms with Gasteiger partial charge in [0.2, 0.25) is 6.33 Å². The van der Waals surface area contributed by atoms with Crippen molar-refractivity contribution in [3.63, 3.8) is 0 Å². The van der Waals surface area contributed by atoms with Crippen LogP contribution in [0.3, 0.4) is 0 Å². The monoisotopic (exact) mass is 659 g/mol. The molecule has 20 heteroatoms. The number of aryl methyl sites for hydroxylation is 1. The topological polar surface area (TPSA) is 77.1 Å². The number of nitrogens with zero attached hydrogens (tertiary/aromatic N) is 5. The summed E-state index contributed by atoms with van der Waals surface area (Å²) in [5.74, 6) is -0.779. The zero-order valence-corrected chi connectivity index (χ0v) is 21.9. The van der Waals surface area contributed by atoms with Crippen molar-refractivity contribution in [1.29, 1.82) is 0 Å². The fourth-order valence-corrected chi connectivity index (χ4v) is 3.88. The first kappa shape index (κ1) is 35.6. The molecule has 0 saturated heterocycles. The van der Waals surface area contributed by atoms with Gasteiger partial charge in [0.15, 0.2) is 0 Å².